The molecule has 0 aromatic heterocycles. The fraction of sp³-hybridized carbons (Fsp3) is 0.250. The zero-order valence-electron chi connectivity index (χ0n) is 8.09. The summed E-state index contributed by atoms with van der Waals surface area (Å²) in [5.74, 6) is -1.25. The SMILES string of the molecule is O=C1CCCC1=Cc1c(F)cccc1F. The van der Waals surface area contributed by atoms with Gasteiger partial charge in [0.2, 0.25) is 0 Å². The predicted molar refractivity (Wildman–Crippen MR) is 53.2 cm³/mol. The van der Waals surface area contributed by atoms with Crippen LogP contribution in [-0.2, 0) is 4.79 Å². The maximum Gasteiger partial charge on any atom is 0.158 e. The minimum absolute atomic E-state index is 0.00217. The van der Waals surface area contributed by atoms with Gasteiger partial charge in [0.25, 0.3) is 0 Å². The molecular weight excluding hydrogens is 198 g/mol. The molecule has 0 amide bonds. The highest BCUT2D eigenvalue weighted by Crippen LogP contribution is 2.24. The molecule has 1 nitrogen and oxygen atoms in total. The molecule has 0 aliphatic heterocycles. The van der Waals surface area contributed by atoms with Crippen LogP contribution in [0.4, 0.5) is 8.78 Å². The molecule has 0 spiro atoms. The van der Waals surface area contributed by atoms with Crippen molar-refractivity contribution in [2.45, 2.75) is 19.3 Å². The number of Topliss-reactive ketones (excluding diaryl/α,β-unsaturated/α-hetero) is 1. The van der Waals surface area contributed by atoms with Crippen LogP contribution in [0, 0.1) is 11.6 Å². The Hall–Kier alpha value is -1.51. The molecule has 1 aromatic rings. The average molecular weight is 208 g/mol. The van der Waals surface area contributed by atoms with Crippen molar-refractivity contribution in [1.82, 2.24) is 0 Å². The van der Waals surface area contributed by atoms with Crippen LogP contribution in [0.1, 0.15) is 24.8 Å². The molecule has 78 valence electrons. The van der Waals surface area contributed by atoms with Crippen LogP contribution in [0.25, 0.3) is 6.08 Å². The Kier molecular flexibility index (Phi) is 2.62. The Labute approximate surface area is 86.4 Å². The molecule has 1 aromatic carbocycles. The lowest BCUT2D eigenvalue weighted by Crippen LogP contribution is -1.94. The number of carbonyl (C=O) groups is 1. The van der Waals surface area contributed by atoms with Gasteiger partial charge in [-0.25, -0.2) is 8.78 Å². The Balaban J connectivity index is 2.42. The molecule has 0 unspecified atom stereocenters. The van der Waals surface area contributed by atoms with Crippen LogP contribution in [0.5, 0.6) is 0 Å². The lowest BCUT2D eigenvalue weighted by molar-refractivity contribution is -0.114. The van der Waals surface area contributed by atoms with Crippen molar-refractivity contribution in [3.05, 3.63) is 41.0 Å². The molecule has 1 aliphatic rings. The minimum atomic E-state index is -0.623. The van der Waals surface area contributed by atoms with E-state index in [0.717, 1.165) is 6.42 Å². The molecule has 2 rings (SSSR count). The van der Waals surface area contributed by atoms with Gasteiger partial charge in [0, 0.05) is 12.0 Å². The largest absolute Gasteiger partial charge is 0.295 e. The molecular formula is C12H10F2O. The molecule has 0 N–H and O–H groups in total. The third-order valence-corrected chi connectivity index (χ3v) is 2.53. The topological polar surface area (TPSA) is 17.1 Å². The lowest BCUT2D eigenvalue weighted by atomic mass is 10.1. The second-order valence-electron chi connectivity index (χ2n) is 3.58. The first-order chi connectivity index (χ1) is 7.18. The molecule has 3 heteroatoms. The van der Waals surface area contributed by atoms with Crippen molar-refractivity contribution in [3.8, 4) is 0 Å². The van der Waals surface area contributed by atoms with Gasteiger partial charge in [0.05, 0.1) is 0 Å². The summed E-state index contributed by atoms with van der Waals surface area (Å²) in [5, 5.41) is 0. The lowest BCUT2D eigenvalue weighted by Gasteiger charge is -2.00. The summed E-state index contributed by atoms with van der Waals surface area (Å²) in [6, 6.07) is 3.69. The van der Waals surface area contributed by atoms with Gasteiger partial charge >= 0.3 is 0 Å². The predicted octanol–water partition coefficient (Wildman–Crippen LogP) is 3.10. The minimum Gasteiger partial charge on any atom is -0.295 e. The summed E-state index contributed by atoms with van der Waals surface area (Å²) in [4.78, 5) is 11.3. The third kappa shape index (κ3) is 1.96. The second kappa shape index (κ2) is 3.93. The molecule has 0 saturated heterocycles. The maximum atomic E-state index is 13.2. The summed E-state index contributed by atoms with van der Waals surface area (Å²) in [7, 11) is 0. The molecule has 0 heterocycles. The van der Waals surface area contributed by atoms with E-state index in [1.807, 2.05) is 0 Å². The average Bonchev–Trinajstić information content (AvgIpc) is 2.58. The highest BCUT2D eigenvalue weighted by atomic mass is 19.1. The van der Waals surface area contributed by atoms with Crippen LogP contribution in [0.15, 0.2) is 23.8 Å². The van der Waals surface area contributed by atoms with Crippen molar-refractivity contribution < 1.29 is 13.6 Å². The fourth-order valence-electron chi connectivity index (χ4n) is 1.71. The van der Waals surface area contributed by atoms with Gasteiger partial charge in [0.1, 0.15) is 11.6 Å². The van der Waals surface area contributed by atoms with Crippen molar-refractivity contribution in [2.24, 2.45) is 0 Å². The van der Waals surface area contributed by atoms with Gasteiger partial charge in [-0.2, -0.15) is 0 Å². The van der Waals surface area contributed by atoms with Gasteiger partial charge in [-0.15, -0.1) is 0 Å². The first-order valence-electron chi connectivity index (χ1n) is 4.86. The van der Waals surface area contributed by atoms with Gasteiger partial charge in [-0.1, -0.05) is 6.07 Å². The smallest absolute Gasteiger partial charge is 0.158 e. The monoisotopic (exact) mass is 208 g/mol. The Morgan fingerprint density at radius 2 is 1.80 bits per heavy atom. The van der Waals surface area contributed by atoms with E-state index in [1.54, 1.807) is 0 Å². The molecule has 1 fully saturated rings. The van der Waals surface area contributed by atoms with E-state index in [1.165, 1.54) is 24.3 Å². The van der Waals surface area contributed by atoms with Crippen LogP contribution in [-0.4, -0.2) is 5.78 Å². The van der Waals surface area contributed by atoms with E-state index >= 15 is 0 Å². The number of rotatable bonds is 1. The van der Waals surface area contributed by atoms with E-state index in [4.69, 9.17) is 0 Å². The first kappa shape index (κ1) is 10.0. The number of hydrogen-bond acceptors (Lipinski definition) is 1. The van der Waals surface area contributed by atoms with Crippen molar-refractivity contribution in [2.75, 3.05) is 0 Å². The molecule has 0 bridgehead atoms. The van der Waals surface area contributed by atoms with E-state index in [9.17, 15) is 13.6 Å². The zero-order valence-corrected chi connectivity index (χ0v) is 8.09. The highest BCUT2D eigenvalue weighted by molar-refractivity contribution is 6.01. The van der Waals surface area contributed by atoms with Gasteiger partial charge in [-0.3, -0.25) is 4.79 Å². The van der Waals surface area contributed by atoms with Gasteiger partial charge < -0.3 is 0 Å². The second-order valence-corrected chi connectivity index (χ2v) is 3.58. The van der Waals surface area contributed by atoms with Crippen LogP contribution in [0.2, 0.25) is 0 Å². The Morgan fingerprint density at radius 1 is 1.13 bits per heavy atom. The molecule has 1 aliphatic carbocycles. The van der Waals surface area contributed by atoms with Crippen LogP contribution < -0.4 is 0 Å². The number of halogens is 2. The van der Waals surface area contributed by atoms with Crippen molar-refractivity contribution in [1.29, 1.82) is 0 Å². The Bertz CT molecular complexity index is 415. The number of hydrogen-bond donors (Lipinski definition) is 0. The standard InChI is InChI=1S/C12H10F2O/c13-10-4-2-5-11(14)9(10)7-8-3-1-6-12(8)15/h2,4-5,7H,1,3,6H2. The fourth-order valence-corrected chi connectivity index (χ4v) is 1.71. The number of ketones is 1. The quantitative estimate of drug-likeness (QED) is 0.648. The summed E-state index contributed by atoms with van der Waals surface area (Å²) in [5.41, 5.74) is 0.418. The molecule has 15 heavy (non-hydrogen) atoms. The maximum absolute atomic E-state index is 13.2. The highest BCUT2D eigenvalue weighted by Gasteiger charge is 2.18. The summed E-state index contributed by atoms with van der Waals surface area (Å²) in [6.07, 6.45) is 3.22. The van der Waals surface area contributed by atoms with Crippen molar-refractivity contribution >= 4 is 11.9 Å². The number of allylic oxidation sites excluding steroid dienone is 1. The molecule has 0 radical (unpaired) electrons. The third-order valence-electron chi connectivity index (χ3n) is 2.53. The van der Waals surface area contributed by atoms with Gasteiger partial charge in [-0.05, 0) is 36.6 Å². The zero-order chi connectivity index (χ0) is 10.8. The summed E-state index contributed by atoms with van der Waals surface area (Å²) < 4.78 is 26.5. The van der Waals surface area contributed by atoms with E-state index in [2.05, 4.69) is 0 Å². The summed E-state index contributed by atoms with van der Waals surface area (Å²) in [6.45, 7) is 0. The normalized spacial score (nSPS) is 18.8. The van der Waals surface area contributed by atoms with Crippen LogP contribution >= 0.6 is 0 Å². The number of benzene rings is 1. The molecule has 0 atom stereocenters. The van der Waals surface area contributed by atoms with Gasteiger partial charge in [0.15, 0.2) is 5.78 Å². The van der Waals surface area contributed by atoms with E-state index in [-0.39, 0.29) is 11.3 Å². The first-order valence-corrected chi connectivity index (χ1v) is 4.86. The van der Waals surface area contributed by atoms with E-state index < -0.39 is 11.6 Å². The number of carbonyl (C=O) groups excluding carboxylic acids is 1. The summed E-state index contributed by atoms with van der Waals surface area (Å²) >= 11 is 0. The molecule has 1 saturated carbocycles. The van der Waals surface area contributed by atoms with Crippen LogP contribution in [0.3, 0.4) is 0 Å². The van der Waals surface area contributed by atoms with E-state index in [0.29, 0.717) is 18.4 Å². The van der Waals surface area contributed by atoms with Crippen molar-refractivity contribution in [3.63, 3.8) is 0 Å². The Morgan fingerprint density at radius 3 is 2.33 bits per heavy atom.